The molecular formula is C11H19N3O4S. The van der Waals surface area contributed by atoms with Gasteiger partial charge in [0.2, 0.25) is 15.9 Å². The Kier molecular flexibility index (Phi) is 6.71. The molecule has 8 heteroatoms. The van der Waals surface area contributed by atoms with E-state index < -0.39 is 10.0 Å². The average molecular weight is 289 g/mol. The summed E-state index contributed by atoms with van der Waals surface area (Å²) in [6, 6.07) is 2.96. The number of pyridine rings is 1. The van der Waals surface area contributed by atoms with E-state index in [-0.39, 0.29) is 4.90 Å². The van der Waals surface area contributed by atoms with Gasteiger partial charge in [-0.3, -0.25) is 0 Å². The molecule has 108 valence electrons. The van der Waals surface area contributed by atoms with Crippen molar-refractivity contribution in [3.8, 4) is 5.88 Å². The monoisotopic (exact) mass is 289 g/mol. The zero-order valence-electron chi connectivity index (χ0n) is 11.0. The fourth-order valence-electron chi connectivity index (χ4n) is 1.30. The normalized spacial score (nSPS) is 11.5. The zero-order chi connectivity index (χ0) is 14.1. The third-order valence-corrected chi connectivity index (χ3v) is 3.75. The number of ether oxygens (including phenoxy) is 2. The van der Waals surface area contributed by atoms with Crippen LogP contribution < -0.4 is 14.8 Å². The van der Waals surface area contributed by atoms with Crippen LogP contribution in [0.1, 0.15) is 0 Å². The minimum absolute atomic E-state index is 0.116. The molecule has 1 rings (SSSR count). The first-order chi connectivity index (χ1) is 9.10. The van der Waals surface area contributed by atoms with Crippen LogP contribution in [0.4, 0.5) is 0 Å². The first-order valence-electron chi connectivity index (χ1n) is 5.79. The molecule has 0 spiro atoms. The van der Waals surface area contributed by atoms with Gasteiger partial charge in [-0.2, -0.15) is 0 Å². The lowest BCUT2D eigenvalue weighted by atomic mass is 10.5. The summed E-state index contributed by atoms with van der Waals surface area (Å²) in [6.45, 7) is 2.11. The second-order valence-corrected chi connectivity index (χ2v) is 5.44. The molecule has 2 N–H and O–H groups in total. The molecule has 1 aromatic rings. The second-order valence-electron chi connectivity index (χ2n) is 3.68. The van der Waals surface area contributed by atoms with Gasteiger partial charge in [-0.25, -0.2) is 18.1 Å². The van der Waals surface area contributed by atoms with E-state index in [0.29, 0.717) is 32.1 Å². The van der Waals surface area contributed by atoms with Crippen molar-refractivity contribution in [2.24, 2.45) is 0 Å². The maximum Gasteiger partial charge on any atom is 0.242 e. The fraction of sp³-hybridized carbons (Fsp3) is 0.545. The van der Waals surface area contributed by atoms with Crippen molar-refractivity contribution in [2.75, 3.05) is 40.5 Å². The molecule has 0 fully saturated rings. The van der Waals surface area contributed by atoms with Crippen molar-refractivity contribution in [2.45, 2.75) is 4.90 Å². The number of hydrogen-bond acceptors (Lipinski definition) is 6. The van der Waals surface area contributed by atoms with Gasteiger partial charge in [0.05, 0.1) is 19.9 Å². The molecule has 0 bridgehead atoms. The summed E-state index contributed by atoms with van der Waals surface area (Å²) >= 11 is 0. The summed E-state index contributed by atoms with van der Waals surface area (Å²) in [6.07, 6.45) is 1.26. The van der Waals surface area contributed by atoms with Gasteiger partial charge in [-0.1, -0.05) is 0 Å². The van der Waals surface area contributed by atoms with Crippen molar-refractivity contribution in [3.63, 3.8) is 0 Å². The van der Waals surface area contributed by atoms with Crippen LogP contribution in [0.2, 0.25) is 0 Å². The largest absolute Gasteiger partial charge is 0.481 e. The maximum atomic E-state index is 11.9. The molecule has 0 saturated heterocycles. The van der Waals surface area contributed by atoms with Gasteiger partial charge in [0.1, 0.15) is 4.90 Å². The summed E-state index contributed by atoms with van der Waals surface area (Å²) in [4.78, 5) is 3.97. The van der Waals surface area contributed by atoms with Crippen molar-refractivity contribution in [3.05, 3.63) is 18.3 Å². The van der Waals surface area contributed by atoms with Gasteiger partial charge in [-0.05, 0) is 6.07 Å². The van der Waals surface area contributed by atoms with E-state index in [2.05, 4.69) is 15.0 Å². The van der Waals surface area contributed by atoms with Gasteiger partial charge in [0.15, 0.2) is 0 Å². The first-order valence-corrected chi connectivity index (χ1v) is 7.28. The van der Waals surface area contributed by atoms with Crippen molar-refractivity contribution < 1.29 is 17.9 Å². The molecule has 0 amide bonds. The molecule has 0 unspecified atom stereocenters. The van der Waals surface area contributed by atoms with Crippen molar-refractivity contribution >= 4 is 10.0 Å². The van der Waals surface area contributed by atoms with E-state index in [4.69, 9.17) is 9.47 Å². The van der Waals surface area contributed by atoms with Gasteiger partial charge in [0.25, 0.3) is 0 Å². The molecule has 0 aliphatic carbocycles. The SMILES string of the molecule is COCCNCCNS(=O)(=O)c1ccc(OC)nc1. The van der Waals surface area contributed by atoms with E-state index in [0.717, 1.165) is 0 Å². The lowest BCUT2D eigenvalue weighted by Gasteiger charge is -2.07. The minimum Gasteiger partial charge on any atom is -0.481 e. The maximum absolute atomic E-state index is 11.9. The highest BCUT2D eigenvalue weighted by atomic mass is 32.2. The molecule has 0 aliphatic heterocycles. The summed E-state index contributed by atoms with van der Waals surface area (Å²) in [7, 11) is -0.432. The van der Waals surface area contributed by atoms with Gasteiger partial charge < -0.3 is 14.8 Å². The molecule has 1 aromatic heterocycles. The molecule has 1 heterocycles. The number of methoxy groups -OCH3 is 2. The molecule has 0 aromatic carbocycles. The number of aromatic nitrogens is 1. The van der Waals surface area contributed by atoms with Crippen LogP contribution in [0, 0.1) is 0 Å². The van der Waals surface area contributed by atoms with Crippen LogP contribution in [-0.4, -0.2) is 53.9 Å². The summed E-state index contributed by atoms with van der Waals surface area (Å²) in [5.74, 6) is 0.375. The molecule has 0 radical (unpaired) electrons. The highest BCUT2D eigenvalue weighted by Gasteiger charge is 2.13. The third-order valence-electron chi connectivity index (χ3n) is 2.31. The van der Waals surface area contributed by atoms with Crippen LogP contribution in [0.15, 0.2) is 23.2 Å². The quantitative estimate of drug-likeness (QED) is 0.602. The highest BCUT2D eigenvalue weighted by Crippen LogP contribution is 2.11. The fourth-order valence-corrected chi connectivity index (χ4v) is 2.28. The average Bonchev–Trinajstić information content (AvgIpc) is 2.43. The number of sulfonamides is 1. The predicted molar refractivity (Wildman–Crippen MR) is 70.7 cm³/mol. The zero-order valence-corrected chi connectivity index (χ0v) is 11.9. The second kappa shape index (κ2) is 8.05. The molecule has 0 aliphatic rings. The van der Waals surface area contributed by atoms with E-state index >= 15 is 0 Å². The van der Waals surface area contributed by atoms with E-state index in [1.807, 2.05) is 0 Å². The Bertz CT molecular complexity index is 461. The number of rotatable bonds is 9. The Morgan fingerprint density at radius 2 is 2.00 bits per heavy atom. The first kappa shape index (κ1) is 15.8. The smallest absolute Gasteiger partial charge is 0.242 e. The van der Waals surface area contributed by atoms with Gasteiger partial charge in [0, 0.05) is 32.8 Å². The predicted octanol–water partition coefficient (Wildman–Crippen LogP) is -0.395. The Morgan fingerprint density at radius 1 is 1.21 bits per heavy atom. The number of hydrogen-bond donors (Lipinski definition) is 2. The van der Waals surface area contributed by atoms with E-state index in [9.17, 15) is 8.42 Å². The van der Waals surface area contributed by atoms with Gasteiger partial charge in [-0.15, -0.1) is 0 Å². The highest BCUT2D eigenvalue weighted by molar-refractivity contribution is 7.89. The van der Waals surface area contributed by atoms with Crippen LogP contribution in [0.3, 0.4) is 0 Å². The van der Waals surface area contributed by atoms with Crippen LogP contribution in [0.5, 0.6) is 5.88 Å². The lowest BCUT2D eigenvalue weighted by molar-refractivity contribution is 0.199. The lowest BCUT2D eigenvalue weighted by Crippen LogP contribution is -2.33. The van der Waals surface area contributed by atoms with Crippen molar-refractivity contribution in [1.82, 2.24) is 15.0 Å². The molecule has 7 nitrogen and oxygen atoms in total. The van der Waals surface area contributed by atoms with Crippen LogP contribution >= 0.6 is 0 Å². The standard InChI is InChI=1S/C11H19N3O4S/c1-17-8-7-12-5-6-14-19(15,16)10-3-4-11(18-2)13-9-10/h3-4,9,12,14H,5-8H2,1-2H3. The number of nitrogens with zero attached hydrogens (tertiary/aromatic N) is 1. The van der Waals surface area contributed by atoms with Crippen LogP contribution in [-0.2, 0) is 14.8 Å². The van der Waals surface area contributed by atoms with Crippen LogP contribution in [0.25, 0.3) is 0 Å². The van der Waals surface area contributed by atoms with Gasteiger partial charge >= 0.3 is 0 Å². The Balaban J connectivity index is 2.42. The Labute approximate surface area is 113 Å². The topological polar surface area (TPSA) is 89.6 Å². The minimum atomic E-state index is -3.52. The molecule has 19 heavy (non-hydrogen) atoms. The summed E-state index contributed by atoms with van der Waals surface area (Å²) in [5.41, 5.74) is 0. The Morgan fingerprint density at radius 3 is 2.58 bits per heavy atom. The van der Waals surface area contributed by atoms with Crippen molar-refractivity contribution in [1.29, 1.82) is 0 Å². The summed E-state index contributed by atoms with van der Waals surface area (Å²) < 4.78 is 36.0. The molecule has 0 atom stereocenters. The summed E-state index contributed by atoms with van der Waals surface area (Å²) in [5, 5.41) is 3.04. The molecule has 0 saturated carbocycles. The number of nitrogens with one attached hydrogen (secondary N) is 2. The third kappa shape index (κ3) is 5.52. The molecular weight excluding hydrogens is 270 g/mol. The van der Waals surface area contributed by atoms with E-state index in [1.165, 1.54) is 25.4 Å². The Hall–Kier alpha value is -1.22. The van der Waals surface area contributed by atoms with E-state index in [1.54, 1.807) is 7.11 Å².